The van der Waals surface area contributed by atoms with Crippen LogP contribution in [-0.2, 0) is 11.2 Å². The van der Waals surface area contributed by atoms with Crippen molar-refractivity contribution in [3.05, 3.63) is 35.4 Å². The Hall–Kier alpha value is -1.25. The second kappa shape index (κ2) is 3.43. The first-order chi connectivity index (χ1) is 5.58. The molecule has 1 aromatic carbocycles. The van der Waals surface area contributed by atoms with Gasteiger partial charge in [0.25, 0.3) is 0 Å². The Morgan fingerprint density at radius 1 is 1.25 bits per heavy atom. The fourth-order valence-electron chi connectivity index (χ4n) is 1.00. The maximum atomic E-state index is 12.5. The molecule has 0 saturated carbocycles. The van der Waals surface area contributed by atoms with Gasteiger partial charge >= 0.3 is 0 Å². The molecule has 1 rings (SSSR count). The molecule has 12 heavy (non-hydrogen) atoms. The molecule has 0 aliphatic rings. The lowest BCUT2D eigenvalue weighted by Crippen LogP contribution is -1.97. The van der Waals surface area contributed by atoms with Crippen LogP contribution in [0.1, 0.15) is 12.5 Å². The summed E-state index contributed by atoms with van der Waals surface area (Å²) in [7, 11) is 0. The standard InChI is InChI=1S/C9H8F2O/c1-6(12)2-7-3-8(10)5-9(11)4-7/h3-5H,2H2,1H3. The maximum absolute atomic E-state index is 12.5. The lowest BCUT2D eigenvalue weighted by Gasteiger charge is -1.97. The normalized spacial score (nSPS) is 9.92. The number of Topliss-reactive ketones (excluding diaryl/α,β-unsaturated/α-hetero) is 1. The molecule has 0 saturated heterocycles. The van der Waals surface area contributed by atoms with E-state index in [-0.39, 0.29) is 12.2 Å². The van der Waals surface area contributed by atoms with E-state index in [1.807, 2.05) is 0 Å². The first-order valence-corrected chi connectivity index (χ1v) is 3.52. The Bertz CT molecular complexity index is 287. The summed E-state index contributed by atoms with van der Waals surface area (Å²) >= 11 is 0. The highest BCUT2D eigenvalue weighted by atomic mass is 19.1. The summed E-state index contributed by atoms with van der Waals surface area (Å²) in [5.41, 5.74) is 0.375. The number of halogens is 2. The molecule has 1 nitrogen and oxygen atoms in total. The smallest absolute Gasteiger partial charge is 0.134 e. The highest BCUT2D eigenvalue weighted by Gasteiger charge is 2.02. The van der Waals surface area contributed by atoms with Crippen molar-refractivity contribution in [1.29, 1.82) is 0 Å². The Morgan fingerprint density at radius 2 is 1.75 bits per heavy atom. The van der Waals surface area contributed by atoms with Crippen LogP contribution in [0.5, 0.6) is 0 Å². The average Bonchev–Trinajstić information content (AvgIpc) is 1.81. The van der Waals surface area contributed by atoms with Crippen LogP contribution in [0.15, 0.2) is 18.2 Å². The molecular weight excluding hydrogens is 162 g/mol. The molecule has 0 N–H and O–H groups in total. The summed E-state index contributed by atoms with van der Waals surface area (Å²) in [5.74, 6) is -1.41. The summed E-state index contributed by atoms with van der Waals surface area (Å²) in [6, 6.07) is 3.10. The van der Waals surface area contributed by atoms with Crippen LogP contribution in [-0.4, -0.2) is 5.78 Å². The molecule has 0 atom stereocenters. The summed E-state index contributed by atoms with van der Waals surface area (Å²) < 4.78 is 25.1. The minimum Gasteiger partial charge on any atom is -0.300 e. The van der Waals surface area contributed by atoms with E-state index in [0.29, 0.717) is 5.56 Å². The Balaban J connectivity index is 2.93. The van der Waals surface area contributed by atoms with E-state index >= 15 is 0 Å². The molecule has 3 heteroatoms. The number of ketones is 1. The van der Waals surface area contributed by atoms with Gasteiger partial charge in [-0.25, -0.2) is 8.78 Å². The van der Waals surface area contributed by atoms with Crippen molar-refractivity contribution in [2.24, 2.45) is 0 Å². The largest absolute Gasteiger partial charge is 0.300 e. The Kier molecular flexibility index (Phi) is 2.53. The number of rotatable bonds is 2. The predicted octanol–water partition coefficient (Wildman–Crippen LogP) is 2.10. The van der Waals surface area contributed by atoms with Gasteiger partial charge in [0.05, 0.1) is 0 Å². The lowest BCUT2D eigenvalue weighted by atomic mass is 10.1. The van der Waals surface area contributed by atoms with Crippen molar-refractivity contribution in [1.82, 2.24) is 0 Å². The van der Waals surface area contributed by atoms with Gasteiger partial charge in [0.1, 0.15) is 17.4 Å². The average molecular weight is 170 g/mol. The first-order valence-electron chi connectivity index (χ1n) is 3.52. The zero-order chi connectivity index (χ0) is 9.14. The van der Waals surface area contributed by atoms with E-state index in [9.17, 15) is 13.6 Å². The Morgan fingerprint density at radius 3 is 2.17 bits per heavy atom. The summed E-state index contributed by atoms with van der Waals surface area (Å²) in [6.07, 6.45) is 0.0781. The SMILES string of the molecule is CC(=O)Cc1cc(F)cc(F)c1. The molecular formula is C9H8F2O. The first kappa shape index (κ1) is 8.84. The molecule has 0 bridgehead atoms. The third-order valence-corrected chi connectivity index (χ3v) is 1.38. The molecule has 0 unspecified atom stereocenters. The monoisotopic (exact) mass is 170 g/mol. The quantitative estimate of drug-likeness (QED) is 0.664. The van der Waals surface area contributed by atoms with Gasteiger partial charge in [0.15, 0.2) is 0 Å². The zero-order valence-electron chi connectivity index (χ0n) is 6.60. The minimum atomic E-state index is -0.647. The lowest BCUT2D eigenvalue weighted by molar-refractivity contribution is -0.116. The highest BCUT2D eigenvalue weighted by Crippen LogP contribution is 2.08. The predicted molar refractivity (Wildman–Crippen MR) is 40.7 cm³/mol. The summed E-state index contributed by atoms with van der Waals surface area (Å²) in [6.45, 7) is 1.38. The van der Waals surface area contributed by atoms with Gasteiger partial charge in [-0.2, -0.15) is 0 Å². The van der Waals surface area contributed by atoms with Gasteiger partial charge < -0.3 is 0 Å². The molecule has 0 heterocycles. The van der Waals surface area contributed by atoms with Gasteiger partial charge in [-0.05, 0) is 24.6 Å². The third kappa shape index (κ3) is 2.42. The van der Waals surface area contributed by atoms with Gasteiger partial charge in [-0.3, -0.25) is 4.79 Å². The van der Waals surface area contributed by atoms with Crippen molar-refractivity contribution in [3.63, 3.8) is 0 Å². The molecule has 0 radical (unpaired) electrons. The fourth-order valence-corrected chi connectivity index (χ4v) is 1.00. The number of hydrogen-bond acceptors (Lipinski definition) is 1. The van der Waals surface area contributed by atoms with E-state index in [1.165, 1.54) is 6.92 Å². The molecule has 64 valence electrons. The number of benzene rings is 1. The second-order valence-corrected chi connectivity index (χ2v) is 2.66. The van der Waals surface area contributed by atoms with Crippen LogP contribution in [0.2, 0.25) is 0 Å². The van der Waals surface area contributed by atoms with Crippen LogP contribution in [0.4, 0.5) is 8.78 Å². The molecule has 0 spiro atoms. The van der Waals surface area contributed by atoms with Crippen molar-refractivity contribution in [2.75, 3.05) is 0 Å². The summed E-state index contributed by atoms with van der Waals surface area (Å²) in [4.78, 5) is 10.6. The van der Waals surface area contributed by atoms with Crippen LogP contribution < -0.4 is 0 Å². The molecule has 0 amide bonds. The van der Waals surface area contributed by atoms with Crippen LogP contribution in [0.25, 0.3) is 0 Å². The minimum absolute atomic E-state index is 0.0781. The van der Waals surface area contributed by atoms with Crippen molar-refractivity contribution in [2.45, 2.75) is 13.3 Å². The zero-order valence-corrected chi connectivity index (χ0v) is 6.60. The number of hydrogen-bond donors (Lipinski definition) is 0. The molecule has 1 aromatic rings. The highest BCUT2D eigenvalue weighted by molar-refractivity contribution is 5.78. The number of carbonyl (C=O) groups is 1. The fraction of sp³-hybridized carbons (Fsp3) is 0.222. The molecule has 0 fully saturated rings. The van der Waals surface area contributed by atoms with Gasteiger partial charge in [0.2, 0.25) is 0 Å². The van der Waals surface area contributed by atoms with Crippen molar-refractivity contribution < 1.29 is 13.6 Å². The van der Waals surface area contributed by atoms with Crippen LogP contribution >= 0.6 is 0 Å². The van der Waals surface area contributed by atoms with Crippen molar-refractivity contribution in [3.8, 4) is 0 Å². The second-order valence-electron chi connectivity index (χ2n) is 2.66. The van der Waals surface area contributed by atoms with Gasteiger partial charge in [-0.15, -0.1) is 0 Å². The van der Waals surface area contributed by atoms with Crippen LogP contribution in [0.3, 0.4) is 0 Å². The number of carbonyl (C=O) groups excluding carboxylic acids is 1. The van der Waals surface area contributed by atoms with Gasteiger partial charge in [-0.1, -0.05) is 0 Å². The van der Waals surface area contributed by atoms with E-state index in [2.05, 4.69) is 0 Å². The van der Waals surface area contributed by atoms with Crippen molar-refractivity contribution >= 4 is 5.78 Å². The van der Waals surface area contributed by atoms with E-state index in [0.717, 1.165) is 18.2 Å². The van der Waals surface area contributed by atoms with Crippen LogP contribution in [0, 0.1) is 11.6 Å². The molecule has 0 aliphatic heterocycles. The molecule has 0 aromatic heterocycles. The van der Waals surface area contributed by atoms with E-state index in [1.54, 1.807) is 0 Å². The topological polar surface area (TPSA) is 17.1 Å². The summed E-state index contributed by atoms with van der Waals surface area (Å²) in [5, 5.41) is 0. The van der Waals surface area contributed by atoms with E-state index < -0.39 is 11.6 Å². The van der Waals surface area contributed by atoms with E-state index in [4.69, 9.17) is 0 Å². The third-order valence-electron chi connectivity index (χ3n) is 1.38. The molecule has 0 aliphatic carbocycles. The van der Waals surface area contributed by atoms with Gasteiger partial charge in [0, 0.05) is 12.5 Å². The Labute approximate surface area is 69.0 Å². The maximum Gasteiger partial charge on any atom is 0.134 e.